The maximum atomic E-state index is 13.6. The molecule has 5 rings (SSSR count). The van der Waals surface area contributed by atoms with Gasteiger partial charge in [-0.2, -0.15) is 0 Å². The molecular weight excluding hydrogens is 454 g/mol. The summed E-state index contributed by atoms with van der Waals surface area (Å²) in [4.78, 5) is 28.7. The van der Waals surface area contributed by atoms with Gasteiger partial charge in [-0.25, -0.2) is 0 Å². The number of furan rings is 1. The zero-order chi connectivity index (χ0) is 23.7. The first kappa shape index (κ1) is 22.3. The molecule has 6 nitrogen and oxygen atoms in total. The number of carbonyl (C=O) groups is 1. The van der Waals surface area contributed by atoms with Gasteiger partial charge in [0.1, 0.15) is 17.1 Å². The Kier molecular flexibility index (Phi) is 6.16. The molecule has 2 aromatic carbocycles. The van der Waals surface area contributed by atoms with E-state index in [1.807, 2.05) is 24.3 Å². The lowest BCUT2D eigenvalue weighted by Crippen LogP contribution is -2.29. The van der Waals surface area contributed by atoms with Crippen molar-refractivity contribution in [3.63, 3.8) is 0 Å². The van der Waals surface area contributed by atoms with Crippen molar-refractivity contribution in [2.45, 2.75) is 38.8 Å². The zero-order valence-corrected chi connectivity index (χ0v) is 19.5. The Morgan fingerprint density at radius 2 is 1.94 bits per heavy atom. The summed E-state index contributed by atoms with van der Waals surface area (Å²) < 4.78 is 17.4. The summed E-state index contributed by atoms with van der Waals surface area (Å²) >= 11 is 6.15. The van der Waals surface area contributed by atoms with Crippen LogP contribution in [-0.2, 0) is 6.54 Å². The molecule has 0 bridgehead atoms. The van der Waals surface area contributed by atoms with E-state index in [-0.39, 0.29) is 23.6 Å². The fraction of sp³-hybridized carbons (Fsp3) is 0.259. The highest BCUT2D eigenvalue weighted by Gasteiger charge is 2.43. The van der Waals surface area contributed by atoms with E-state index in [1.54, 1.807) is 41.5 Å². The van der Waals surface area contributed by atoms with Crippen LogP contribution in [0.15, 0.2) is 74.5 Å². The molecule has 174 valence electrons. The van der Waals surface area contributed by atoms with Gasteiger partial charge < -0.3 is 18.5 Å². The Balaban J connectivity index is 1.61. The highest BCUT2D eigenvalue weighted by atomic mass is 35.5. The van der Waals surface area contributed by atoms with E-state index in [9.17, 15) is 9.59 Å². The quantitative estimate of drug-likeness (QED) is 0.276. The van der Waals surface area contributed by atoms with Crippen molar-refractivity contribution in [3.05, 3.63) is 98.8 Å². The molecule has 0 saturated carbocycles. The monoisotopic (exact) mass is 477 g/mol. The molecule has 34 heavy (non-hydrogen) atoms. The third kappa shape index (κ3) is 4.10. The van der Waals surface area contributed by atoms with Crippen LogP contribution in [0.5, 0.6) is 5.75 Å². The summed E-state index contributed by atoms with van der Waals surface area (Å²) in [5.74, 6) is 0.990. The van der Waals surface area contributed by atoms with Gasteiger partial charge >= 0.3 is 0 Å². The van der Waals surface area contributed by atoms with E-state index in [0.29, 0.717) is 39.7 Å². The lowest BCUT2D eigenvalue weighted by molar-refractivity contribution is 0.0701. The number of hydrogen-bond donors (Lipinski definition) is 0. The second kappa shape index (κ2) is 9.39. The summed E-state index contributed by atoms with van der Waals surface area (Å²) in [7, 11) is 0. The first-order chi connectivity index (χ1) is 16.6. The molecule has 0 radical (unpaired) electrons. The van der Waals surface area contributed by atoms with Gasteiger partial charge in [0.05, 0.1) is 36.4 Å². The van der Waals surface area contributed by atoms with E-state index >= 15 is 0 Å². The third-order valence-electron chi connectivity index (χ3n) is 6.02. The Morgan fingerprint density at radius 3 is 2.74 bits per heavy atom. The summed E-state index contributed by atoms with van der Waals surface area (Å²) in [6.45, 7) is 2.95. The van der Waals surface area contributed by atoms with E-state index in [0.717, 1.165) is 24.8 Å². The minimum absolute atomic E-state index is 0.0469. The van der Waals surface area contributed by atoms with Crippen LogP contribution in [0.25, 0.3) is 11.0 Å². The number of carbonyl (C=O) groups excluding carboxylic acids is 1. The van der Waals surface area contributed by atoms with Crippen LogP contribution < -0.4 is 10.2 Å². The molecule has 0 aliphatic carbocycles. The third-order valence-corrected chi connectivity index (χ3v) is 6.26. The van der Waals surface area contributed by atoms with Crippen LogP contribution in [0.4, 0.5) is 0 Å². The minimum Gasteiger partial charge on any atom is -0.494 e. The second-order valence-electron chi connectivity index (χ2n) is 8.36. The van der Waals surface area contributed by atoms with Crippen LogP contribution in [0.1, 0.15) is 59.7 Å². The van der Waals surface area contributed by atoms with E-state index in [4.69, 9.17) is 25.2 Å². The van der Waals surface area contributed by atoms with Crippen molar-refractivity contribution in [2.75, 3.05) is 6.61 Å². The van der Waals surface area contributed by atoms with Crippen LogP contribution in [0, 0.1) is 0 Å². The smallest absolute Gasteiger partial charge is 0.291 e. The maximum Gasteiger partial charge on any atom is 0.291 e. The summed E-state index contributed by atoms with van der Waals surface area (Å²) in [5, 5.41) is 0.770. The molecule has 1 atom stereocenters. The fourth-order valence-corrected chi connectivity index (χ4v) is 4.56. The van der Waals surface area contributed by atoms with Gasteiger partial charge in [0.25, 0.3) is 5.91 Å². The van der Waals surface area contributed by atoms with Gasteiger partial charge in [-0.3, -0.25) is 9.59 Å². The molecule has 0 spiro atoms. The SMILES string of the molecule is CCCCCOc1cccc(C2c3c(oc4ccc(Cl)cc4c3=O)C(=O)N2Cc2ccco2)c1. The molecule has 1 aliphatic heterocycles. The molecule has 1 aliphatic rings. The predicted molar refractivity (Wildman–Crippen MR) is 129 cm³/mol. The largest absolute Gasteiger partial charge is 0.494 e. The first-order valence-corrected chi connectivity index (χ1v) is 11.8. The van der Waals surface area contributed by atoms with Crippen molar-refractivity contribution < 1.29 is 18.4 Å². The Hall–Kier alpha value is -3.51. The molecule has 1 amide bonds. The molecule has 0 saturated heterocycles. The summed E-state index contributed by atoms with van der Waals surface area (Å²) in [6, 6.07) is 15.3. The van der Waals surface area contributed by atoms with Crippen molar-refractivity contribution >= 4 is 28.5 Å². The number of hydrogen-bond acceptors (Lipinski definition) is 5. The summed E-state index contributed by atoms with van der Waals surface area (Å²) in [6.07, 6.45) is 4.73. The van der Waals surface area contributed by atoms with Crippen molar-refractivity contribution in [3.8, 4) is 5.75 Å². The number of fused-ring (bicyclic) bond motifs is 2. The lowest BCUT2D eigenvalue weighted by atomic mass is 9.98. The normalized spacial score (nSPS) is 15.2. The van der Waals surface area contributed by atoms with Crippen LogP contribution in [0.3, 0.4) is 0 Å². The van der Waals surface area contributed by atoms with Gasteiger partial charge in [-0.05, 0) is 54.4 Å². The Bertz CT molecular complexity index is 1390. The average Bonchev–Trinajstić information content (AvgIpc) is 3.45. The number of unbranched alkanes of at least 4 members (excludes halogenated alkanes) is 2. The molecule has 0 N–H and O–H groups in total. The van der Waals surface area contributed by atoms with Crippen LogP contribution in [-0.4, -0.2) is 17.4 Å². The van der Waals surface area contributed by atoms with Gasteiger partial charge in [-0.1, -0.05) is 43.5 Å². The lowest BCUT2D eigenvalue weighted by Gasteiger charge is -2.24. The highest BCUT2D eigenvalue weighted by molar-refractivity contribution is 6.31. The van der Waals surface area contributed by atoms with Crippen LogP contribution >= 0.6 is 11.6 Å². The van der Waals surface area contributed by atoms with E-state index < -0.39 is 6.04 Å². The first-order valence-electron chi connectivity index (χ1n) is 11.4. The zero-order valence-electron chi connectivity index (χ0n) is 18.8. The highest BCUT2D eigenvalue weighted by Crippen LogP contribution is 2.40. The van der Waals surface area contributed by atoms with E-state index in [1.165, 1.54) is 0 Å². The molecule has 7 heteroatoms. The van der Waals surface area contributed by atoms with Gasteiger partial charge in [0.15, 0.2) is 5.43 Å². The molecule has 0 fully saturated rings. The number of amides is 1. The van der Waals surface area contributed by atoms with Gasteiger partial charge in [-0.15, -0.1) is 0 Å². The van der Waals surface area contributed by atoms with Crippen molar-refractivity contribution in [1.29, 1.82) is 0 Å². The Labute approximate surface area is 201 Å². The number of benzene rings is 2. The molecule has 1 unspecified atom stereocenters. The van der Waals surface area contributed by atoms with Crippen molar-refractivity contribution in [1.82, 2.24) is 4.90 Å². The standard InChI is InChI=1S/C27H24ClNO5/c1-2-3-4-12-32-19-8-5-7-17(14-19)24-23-25(30)21-15-18(28)10-11-22(21)34-26(23)27(31)29(24)16-20-9-6-13-33-20/h5-11,13-15,24H,2-4,12,16H2,1H3. The molecule has 2 aromatic heterocycles. The second-order valence-corrected chi connectivity index (χ2v) is 8.79. The predicted octanol–water partition coefficient (Wildman–Crippen LogP) is 6.35. The molecule has 4 aromatic rings. The van der Waals surface area contributed by atoms with Crippen molar-refractivity contribution in [2.24, 2.45) is 0 Å². The molecular formula is C27H24ClNO5. The molecule has 3 heterocycles. The van der Waals surface area contributed by atoms with Gasteiger partial charge in [0, 0.05) is 5.02 Å². The maximum absolute atomic E-state index is 13.6. The minimum atomic E-state index is -0.647. The number of ether oxygens (including phenoxy) is 1. The fourth-order valence-electron chi connectivity index (χ4n) is 4.39. The van der Waals surface area contributed by atoms with Crippen LogP contribution in [0.2, 0.25) is 5.02 Å². The number of rotatable bonds is 8. The average molecular weight is 478 g/mol. The van der Waals surface area contributed by atoms with Gasteiger partial charge in [0.2, 0.25) is 5.76 Å². The van der Waals surface area contributed by atoms with E-state index in [2.05, 4.69) is 6.92 Å². The summed E-state index contributed by atoms with van der Waals surface area (Å²) in [5.41, 5.74) is 1.12. The number of halogens is 1. The Morgan fingerprint density at radius 1 is 1.06 bits per heavy atom. The number of nitrogens with zero attached hydrogens (tertiary/aromatic N) is 1. The topological polar surface area (TPSA) is 72.9 Å².